The molecule has 0 saturated carbocycles. The Kier molecular flexibility index (Phi) is 4.04. The average molecular weight is 315 g/mol. The van der Waals surface area contributed by atoms with Crippen LogP contribution in [0, 0.1) is 12.3 Å². The highest BCUT2D eigenvalue weighted by Crippen LogP contribution is 2.41. The number of nitrogens with one attached hydrogen (secondary N) is 1. The summed E-state index contributed by atoms with van der Waals surface area (Å²) in [5.41, 5.74) is 2.03. The van der Waals surface area contributed by atoms with Crippen molar-refractivity contribution < 1.29 is 9.59 Å². The number of hydrogen-bond donors (Lipinski definition) is 1. The molecule has 1 N–H and O–H groups in total. The number of aryl methyl sites for hydroxylation is 1. The number of benzene rings is 1. The van der Waals surface area contributed by atoms with E-state index in [0.29, 0.717) is 19.5 Å². The summed E-state index contributed by atoms with van der Waals surface area (Å²) in [7, 11) is 0. The lowest BCUT2D eigenvalue weighted by atomic mass is 9.86. The summed E-state index contributed by atoms with van der Waals surface area (Å²) >= 11 is 0. The summed E-state index contributed by atoms with van der Waals surface area (Å²) in [6, 6.07) is 8.18. The van der Waals surface area contributed by atoms with Gasteiger partial charge >= 0.3 is 6.03 Å². The van der Waals surface area contributed by atoms with E-state index >= 15 is 0 Å². The third-order valence-corrected chi connectivity index (χ3v) is 4.77. The molecule has 5 heteroatoms. The number of likely N-dealkylation sites (tertiary alicyclic amines) is 1. The molecule has 23 heavy (non-hydrogen) atoms. The molecule has 1 aromatic carbocycles. The van der Waals surface area contributed by atoms with Crippen LogP contribution in [0.25, 0.3) is 0 Å². The number of anilines is 1. The Hall–Kier alpha value is -2.04. The predicted octanol–water partition coefficient (Wildman–Crippen LogP) is 2.54. The summed E-state index contributed by atoms with van der Waals surface area (Å²) in [6.45, 7) is 8.06. The number of amides is 3. The van der Waals surface area contributed by atoms with Gasteiger partial charge in [-0.05, 0) is 44.9 Å². The van der Waals surface area contributed by atoms with Crippen LogP contribution in [-0.4, -0.2) is 42.5 Å². The highest BCUT2D eigenvalue weighted by molar-refractivity contribution is 5.96. The standard InChI is InChI=1S/C18H25N3O2/c1-13(2)19-17(23)20-8-7-18(11-20)10-16(22)21(12-18)15-6-4-5-14(3)9-15/h4-6,9,13H,7-8,10-12H2,1-3H3,(H,19,23)/t18-/m0/s1. The van der Waals surface area contributed by atoms with E-state index in [-0.39, 0.29) is 23.4 Å². The summed E-state index contributed by atoms with van der Waals surface area (Å²) < 4.78 is 0. The van der Waals surface area contributed by atoms with Crippen molar-refractivity contribution in [2.45, 2.75) is 39.7 Å². The van der Waals surface area contributed by atoms with Crippen LogP contribution in [0.4, 0.5) is 10.5 Å². The molecule has 0 radical (unpaired) electrons. The van der Waals surface area contributed by atoms with Crippen LogP contribution >= 0.6 is 0 Å². The Labute approximate surface area is 137 Å². The highest BCUT2D eigenvalue weighted by Gasteiger charge is 2.48. The number of carbonyl (C=O) groups is 2. The molecule has 5 nitrogen and oxygen atoms in total. The molecule has 1 atom stereocenters. The fraction of sp³-hybridized carbons (Fsp3) is 0.556. The lowest BCUT2D eigenvalue weighted by Gasteiger charge is -2.25. The van der Waals surface area contributed by atoms with Gasteiger partial charge in [0, 0.05) is 43.2 Å². The van der Waals surface area contributed by atoms with Gasteiger partial charge in [-0.2, -0.15) is 0 Å². The molecule has 2 aliphatic rings. The van der Waals surface area contributed by atoms with Gasteiger partial charge in [0.1, 0.15) is 0 Å². The van der Waals surface area contributed by atoms with E-state index < -0.39 is 0 Å². The number of carbonyl (C=O) groups excluding carboxylic acids is 2. The maximum absolute atomic E-state index is 12.5. The Morgan fingerprint density at radius 2 is 2.09 bits per heavy atom. The predicted molar refractivity (Wildman–Crippen MR) is 90.4 cm³/mol. The molecular weight excluding hydrogens is 290 g/mol. The SMILES string of the molecule is Cc1cccc(N2C[C@@]3(CCN(C(=O)NC(C)C)C3)CC2=O)c1. The first-order chi connectivity index (χ1) is 10.9. The van der Waals surface area contributed by atoms with Gasteiger partial charge in [0.05, 0.1) is 0 Å². The second-order valence-electron chi connectivity index (χ2n) is 7.27. The molecule has 3 rings (SSSR count). The topological polar surface area (TPSA) is 52.6 Å². The van der Waals surface area contributed by atoms with E-state index in [0.717, 1.165) is 24.2 Å². The Morgan fingerprint density at radius 3 is 2.78 bits per heavy atom. The van der Waals surface area contributed by atoms with Gasteiger partial charge in [-0.3, -0.25) is 4.79 Å². The van der Waals surface area contributed by atoms with Crippen molar-refractivity contribution in [3.63, 3.8) is 0 Å². The van der Waals surface area contributed by atoms with E-state index in [9.17, 15) is 9.59 Å². The lowest BCUT2D eigenvalue weighted by molar-refractivity contribution is -0.117. The zero-order valence-electron chi connectivity index (χ0n) is 14.1. The van der Waals surface area contributed by atoms with Crippen LogP contribution in [0.3, 0.4) is 0 Å². The van der Waals surface area contributed by atoms with Gasteiger partial charge in [0.25, 0.3) is 0 Å². The van der Waals surface area contributed by atoms with Crippen molar-refractivity contribution in [3.05, 3.63) is 29.8 Å². The molecular formula is C18H25N3O2. The van der Waals surface area contributed by atoms with E-state index in [4.69, 9.17) is 0 Å². The Balaban J connectivity index is 1.71. The van der Waals surface area contributed by atoms with Gasteiger partial charge in [0.2, 0.25) is 5.91 Å². The average Bonchev–Trinajstić information content (AvgIpc) is 3.02. The van der Waals surface area contributed by atoms with E-state index in [2.05, 4.69) is 11.4 Å². The van der Waals surface area contributed by atoms with Crippen LogP contribution < -0.4 is 10.2 Å². The fourth-order valence-electron chi connectivity index (χ4n) is 3.65. The molecule has 2 fully saturated rings. The Morgan fingerprint density at radius 1 is 1.30 bits per heavy atom. The first-order valence-electron chi connectivity index (χ1n) is 8.31. The van der Waals surface area contributed by atoms with Crippen molar-refractivity contribution in [2.24, 2.45) is 5.41 Å². The monoisotopic (exact) mass is 315 g/mol. The van der Waals surface area contributed by atoms with Crippen LogP contribution in [-0.2, 0) is 4.79 Å². The lowest BCUT2D eigenvalue weighted by Crippen LogP contribution is -2.43. The van der Waals surface area contributed by atoms with Gasteiger partial charge in [-0.25, -0.2) is 4.79 Å². The first-order valence-corrected chi connectivity index (χ1v) is 8.31. The third-order valence-electron chi connectivity index (χ3n) is 4.77. The second-order valence-corrected chi connectivity index (χ2v) is 7.27. The number of nitrogens with zero attached hydrogens (tertiary/aromatic N) is 2. The van der Waals surface area contributed by atoms with Crippen molar-refractivity contribution in [1.29, 1.82) is 0 Å². The number of hydrogen-bond acceptors (Lipinski definition) is 2. The molecule has 1 aromatic rings. The molecule has 2 heterocycles. The summed E-state index contributed by atoms with van der Waals surface area (Å²) in [5.74, 6) is 0.168. The zero-order chi connectivity index (χ0) is 16.6. The van der Waals surface area contributed by atoms with Gasteiger partial charge in [-0.1, -0.05) is 12.1 Å². The fourth-order valence-corrected chi connectivity index (χ4v) is 3.65. The molecule has 3 amide bonds. The molecule has 2 aliphatic heterocycles. The summed E-state index contributed by atoms with van der Waals surface area (Å²) in [6.07, 6.45) is 1.43. The van der Waals surface area contributed by atoms with Crippen molar-refractivity contribution in [2.75, 3.05) is 24.5 Å². The van der Waals surface area contributed by atoms with Gasteiger partial charge < -0.3 is 15.1 Å². The van der Waals surface area contributed by atoms with Crippen molar-refractivity contribution >= 4 is 17.6 Å². The Bertz CT molecular complexity index is 628. The van der Waals surface area contributed by atoms with E-state index in [1.807, 2.05) is 48.8 Å². The minimum Gasteiger partial charge on any atom is -0.336 e. The summed E-state index contributed by atoms with van der Waals surface area (Å²) in [5, 5.41) is 2.94. The first kappa shape index (κ1) is 15.8. The van der Waals surface area contributed by atoms with Crippen molar-refractivity contribution in [3.8, 4) is 0 Å². The van der Waals surface area contributed by atoms with Gasteiger partial charge in [0.15, 0.2) is 0 Å². The molecule has 0 aromatic heterocycles. The normalized spacial score (nSPS) is 24.1. The summed E-state index contributed by atoms with van der Waals surface area (Å²) in [4.78, 5) is 28.4. The van der Waals surface area contributed by atoms with Crippen LogP contribution in [0.2, 0.25) is 0 Å². The van der Waals surface area contributed by atoms with Crippen molar-refractivity contribution in [1.82, 2.24) is 10.2 Å². The largest absolute Gasteiger partial charge is 0.336 e. The highest BCUT2D eigenvalue weighted by atomic mass is 16.2. The van der Waals surface area contributed by atoms with Gasteiger partial charge in [-0.15, -0.1) is 0 Å². The molecule has 0 unspecified atom stereocenters. The minimum atomic E-state index is -0.0881. The molecule has 124 valence electrons. The maximum atomic E-state index is 12.5. The van der Waals surface area contributed by atoms with Crippen LogP contribution in [0.5, 0.6) is 0 Å². The van der Waals surface area contributed by atoms with Crippen LogP contribution in [0.15, 0.2) is 24.3 Å². The minimum absolute atomic E-state index is 0.0154. The number of rotatable bonds is 2. The molecule has 0 aliphatic carbocycles. The molecule has 1 spiro atoms. The zero-order valence-corrected chi connectivity index (χ0v) is 14.1. The smallest absolute Gasteiger partial charge is 0.317 e. The number of urea groups is 1. The van der Waals surface area contributed by atoms with Crippen LogP contribution in [0.1, 0.15) is 32.3 Å². The van der Waals surface area contributed by atoms with E-state index in [1.54, 1.807) is 0 Å². The van der Waals surface area contributed by atoms with E-state index in [1.165, 1.54) is 0 Å². The molecule has 0 bridgehead atoms. The molecule has 2 saturated heterocycles. The third kappa shape index (κ3) is 3.19. The second kappa shape index (κ2) is 5.87. The maximum Gasteiger partial charge on any atom is 0.317 e. The quantitative estimate of drug-likeness (QED) is 0.912.